The van der Waals surface area contributed by atoms with Gasteiger partial charge in [0, 0.05) is 51.0 Å². The molecular formula is C22H33N3O2. The molecule has 0 aromatic heterocycles. The van der Waals surface area contributed by atoms with Gasteiger partial charge in [-0.15, -0.1) is 0 Å². The molecule has 5 heteroatoms. The van der Waals surface area contributed by atoms with Crippen LogP contribution in [0.25, 0.3) is 0 Å². The fraction of sp³-hybridized carbons (Fsp3) is 0.727. The van der Waals surface area contributed by atoms with E-state index in [4.69, 9.17) is 9.47 Å². The standard InChI is InChI=1S/C22H33N3O2/c1-2-18-4-5-21(14-19(18)3-1)24-9-6-20(7-10-24)25-11-13-27-22(16-25)15-23-8-12-26-17-22/h4-5,14,20,23H,1-3,6-13,15-17H2. The van der Waals surface area contributed by atoms with E-state index in [9.17, 15) is 0 Å². The van der Waals surface area contributed by atoms with Gasteiger partial charge in [-0.3, -0.25) is 4.90 Å². The van der Waals surface area contributed by atoms with E-state index in [1.165, 1.54) is 50.9 Å². The number of nitrogens with zero attached hydrogens (tertiary/aromatic N) is 2. The van der Waals surface area contributed by atoms with E-state index >= 15 is 0 Å². The van der Waals surface area contributed by atoms with Gasteiger partial charge in [-0.1, -0.05) is 6.07 Å². The Hall–Kier alpha value is -1.14. The third kappa shape index (κ3) is 3.75. The fourth-order valence-electron chi connectivity index (χ4n) is 5.39. The zero-order chi connectivity index (χ0) is 18.1. The monoisotopic (exact) mass is 371 g/mol. The van der Waals surface area contributed by atoms with Crippen molar-refractivity contribution in [3.05, 3.63) is 29.3 Å². The zero-order valence-electron chi connectivity index (χ0n) is 16.4. The van der Waals surface area contributed by atoms with Crippen molar-refractivity contribution < 1.29 is 9.47 Å². The summed E-state index contributed by atoms with van der Waals surface area (Å²) in [7, 11) is 0. The summed E-state index contributed by atoms with van der Waals surface area (Å²) < 4.78 is 12.0. The average Bonchev–Trinajstić information content (AvgIpc) is 3.08. The van der Waals surface area contributed by atoms with Crippen molar-refractivity contribution >= 4 is 5.69 Å². The maximum absolute atomic E-state index is 6.20. The number of anilines is 1. The van der Waals surface area contributed by atoms with E-state index < -0.39 is 0 Å². The van der Waals surface area contributed by atoms with Gasteiger partial charge in [-0.2, -0.15) is 0 Å². The molecule has 1 N–H and O–H groups in total. The molecule has 1 aliphatic carbocycles. The van der Waals surface area contributed by atoms with Gasteiger partial charge in [0.2, 0.25) is 0 Å². The number of hydrogen-bond donors (Lipinski definition) is 1. The Labute approximate surface area is 163 Å². The van der Waals surface area contributed by atoms with Crippen LogP contribution in [0, 0.1) is 0 Å². The molecule has 4 aliphatic rings. The minimum Gasteiger partial charge on any atom is -0.377 e. The number of aryl methyl sites for hydroxylation is 2. The summed E-state index contributed by atoms with van der Waals surface area (Å²) in [4.78, 5) is 5.28. The molecule has 1 unspecified atom stereocenters. The first-order chi connectivity index (χ1) is 13.3. The number of hydrogen-bond acceptors (Lipinski definition) is 5. The third-order valence-corrected chi connectivity index (χ3v) is 6.94. The van der Waals surface area contributed by atoms with E-state index in [-0.39, 0.29) is 5.60 Å². The minimum atomic E-state index is -0.147. The van der Waals surface area contributed by atoms with E-state index in [0.29, 0.717) is 6.04 Å². The first-order valence-corrected chi connectivity index (χ1v) is 10.8. The molecule has 3 heterocycles. The number of rotatable bonds is 2. The number of nitrogens with one attached hydrogen (secondary N) is 1. The van der Waals surface area contributed by atoms with Crippen LogP contribution in [0.2, 0.25) is 0 Å². The molecule has 0 radical (unpaired) electrons. The van der Waals surface area contributed by atoms with Gasteiger partial charge < -0.3 is 19.7 Å². The smallest absolute Gasteiger partial charge is 0.116 e. The molecule has 3 saturated heterocycles. The normalized spacial score (nSPS) is 30.4. The third-order valence-electron chi connectivity index (χ3n) is 6.94. The van der Waals surface area contributed by atoms with E-state index in [1.54, 1.807) is 11.1 Å². The summed E-state index contributed by atoms with van der Waals surface area (Å²) in [6.07, 6.45) is 6.38. The van der Waals surface area contributed by atoms with Crippen LogP contribution in [0.5, 0.6) is 0 Å². The highest BCUT2D eigenvalue weighted by Gasteiger charge is 2.40. The molecule has 0 bridgehead atoms. The molecule has 3 aliphatic heterocycles. The van der Waals surface area contributed by atoms with Crippen LogP contribution < -0.4 is 10.2 Å². The van der Waals surface area contributed by atoms with Gasteiger partial charge >= 0.3 is 0 Å². The first kappa shape index (κ1) is 17.9. The van der Waals surface area contributed by atoms with Crippen LogP contribution in [0.3, 0.4) is 0 Å². The maximum Gasteiger partial charge on any atom is 0.116 e. The van der Waals surface area contributed by atoms with Crippen molar-refractivity contribution in [2.24, 2.45) is 0 Å². The number of benzene rings is 1. The van der Waals surface area contributed by atoms with Crippen molar-refractivity contribution in [1.29, 1.82) is 0 Å². The molecule has 5 nitrogen and oxygen atoms in total. The lowest BCUT2D eigenvalue weighted by Crippen LogP contribution is -2.61. The van der Waals surface area contributed by atoms with Crippen LogP contribution in [0.15, 0.2) is 18.2 Å². The van der Waals surface area contributed by atoms with Crippen LogP contribution in [-0.2, 0) is 22.3 Å². The van der Waals surface area contributed by atoms with Gasteiger partial charge in [0.25, 0.3) is 0 Å². The summed E-state index contributed by atoms with van der Waals surface area (Å²) in [5.74, 6) is 0. The molecular weight excluding hydrogens is 338 g/mol. The molecule has 1 spiro atoms. The number of piperidine rings is 1. The Kier molecular flexibility index (Phi) is 5.11. The van der Waals surface area contributed by atoms with Gasteiger partial charge in [-0.05, 0) is 55.4 Å². The Morgan fingerprint density at radius 1 is 1.04 bits per heavy atom. The molecule has 27 heavy (non-hydrogen) atoms. The Bertz CT molecular complexity index is 649. The fourth-order valence-corrected chi connectivity index (χ4v) is 5.39. The molecule has 3 fully saturated rings. The first-order valence-electron chi connectivity index (χ1n) is 10.8. The van der Waals surface area contributed by atoms with Crippen LogP contribution in [0.4, 0.5) is 5.69 Å². The van der Waals surface area contributed by atoms with Crippen molar-refractivity contribution in [3.8, 4) is 0 Å². The van der Waals surface area contributed by atoms with Crippen molar-refractivity contribution in [2.75, 3.05) is 64.0 Å². The number of morpholine rings is 1. The average molecular weight is 372 g/mol. The van der Waals surface area contributed by atoms with Crippen LogP contribution in [0.1, 0.15) is 30.4 Å². The number of ether oxygens (including phenoxy) is 2. The summed E-state index contributed by atoms with van der Waals surface area (Å²) in [5, 5.41) is 3.50. The predicted octanol–water partition coefficient (Wildman–Crippen LogP) is 1.83. The highest BCUT2D eigenvalue weighted by Crippen LogP contribution is 2.30. The van der Waals surface area contributed by atoms with Crippen LogP contribution >= 0.6 is 0 Å². The molecule has 1 aromatic carbocycles. The Balaban J connectivity index is 1.20. The summed E-state index contributed by atoms with van der Waals surface area (Å²) in [6, 6.07) is 7.86. The lowest BCUT2D eigenvalue weighted by atomic mass is 9.96. The summed E-state index contributed by atoms with van der Waals surface area (Å²) in [6.45, 7) is 8.60. The molecule has 5 rings (SSSR count). The largest absolute Gasteiger partial charge is 0.377 e. The zero-order valence-corrected chi connectivity index (χ0v) is 16.4. The van der Waals surface area contributed by atoms with Gasteiger partial charge in [0.1, 0.15) is 5.60 Å². The van der Waals surface area contributed by atoms with Gasteiger partial charge in [0.05, 0.1) is 19.8 Å². The van der Waals surface area contributed by atoms with Crippen LogP contribution in [-0.4, -0.2) is 75.6 Å². The second kappa shape index (κ2) is 7.70. The predicted molar refractivity (Wildman–Crippen MR) is 108 cm³/mol. The summed E-state index contributed by atoms with van der Waals surface area (Å²) >= 11 is 0. The molecule has 0 amide bonds. The summed E-state index contributed by atoms with van der Waals surface area (Å²) in [5.41, 5.74) is 4.46. The van der Waals surface area contributed by atoms with E-state index in [1.807, 2.05) is 0 Å². The quantitative estimate of drug-likeness (QED) is 0.859. The molecule has 148 valence electrons. The Morgan fingerprint density at radius 3 is 2.85 bits per heavy atom. The Morgan fingerprint density at radius 2 is 1.93 bits per heavy atom. The van der Waals surface area contributed by atoms with Gasteiger partial charge in [-0.25, -0.2) is 0 Å². The highest BCUT2D eigenvalue weighted by molar-refractivity contribution is 5.52. The lowest BCUT2D eigenvalue weighted by molar-refractivity contribution is -0.142. The minimum absolute atomic E-state index is 0.147. The number of fused-ring (bicyclic) bond motifs is 1. The topological polar surface area (TPSA) is 37.0 Å². The van der Waals surface area contributed by atoms with Crippen molar-refractivity contribution in [2.45, 2.75) is 43.7 Å². The van der Waals surface area contributed by atoms with E-state index in [0.717, 1.165) is 46.0 Å². The molecule has 0 saturated carbocycles. The molecule has 1 atom stereocenters. The second-order valence-electron chi connectivity index (χ2n) is 8.76. The highest BCUT2D eigenvalue weighted by atomic mass is 16.5. The second-order valence-corrected chi connectivity index (χ2v) is 8.76. The lowest BCUT2D eigenvalue weighted by Gasteiger charge is -2.47. The van der Waals surface area contributed by atoms with Gasteiger partial charge in [0.15, 0.2) is 0 Å². The van der Waals surface area contributed by atoms with Crippen molar-refractivity contribution in [3.63, 3.8) is 0 Å². The van der Waals surface area contributed by atoms with E-state index in [2.05, 4.69) is 33.3 Å². The maximum atomic E-state index is 6.20. The SMILES string of the molecule is c1cc2c(cc1N1CCC(N3CCOC4(CNCCOC4)C3)CC1)CCC2. The molecule has 1 aromatic rings. The van der Waals surface area contributed by atoms with Crippen molar-refractivity contribution in [1.82, 2.24) is 10.2 Å².